The molecule has 0 spiro atoms. The van der Waals surface area contributed by atoms with Gasteiger partial charge < -0.3 is 9.64 Å². The van der Waals surface area contributed by atoms with Crippen LogP contribution < -0.4 is 5.56 Å². The second kappa shape index (κ2) is 8.29. The quantitative estimate of drug-likeness (QED) is 0.454. The molecule has 0 radical (unpaired) electrons. The van der Waals surface area contributed by atoms with Crippen molar-refractivity contribution in [3.05, 3.63) is 76.0 Å². The first-order chi connectivity index (χ1) is 15.2. The number of benzene rings is 1. The molecular weight excluding hydrogens is 408 g/mol. The van der Waals surface area contributed by atoms with Crippen molar-refractivity contribution in [1.82, 2.24) is 9.30 Å². The molecule has 1 aromatic carbocycles. The lowest BCUT2D eigenvalue weighted by molar-refractivity contribution is 0.0539. The summed E-state index contributed by atoms with van der Waals surface area (Å²) in [5.41, 5.74) is 2.50. The number of amides is 1. The van der Waals surface area contributed by atoms with E-state index in [1.165, 1.54) is 0 Å². The lowest BCUT2D eigenvalue weighted by Crippen LogP contribution is -2.31. The number of likely N-dealkylation sites (tertiary alicyclic amines) is 1. The van der Waals surface area contributed by atoms with Crippen LogP contribution in [0.1, 0.15) is 30.1 Å². The highest BCUT2D eigenvalue weighted by molar-refractivity contribution is 7.18. The number of carbonyl (C=O) groups is 1. The minimum atomic E-state index is -0.112. The Balaban J connectivity index is 1.67. The van der Waals surface area contributed by atoms with E-state index in [0.717, 1.165) is 28.5 Å². The molecule has 0 aliphatic carbocycles. The lowest BCUT2D eigenvalue weighted by atomic mass is 10.0. The van der Waals surface area contributed by atoms with E-state index in [0.29, 0.717) is 36.3 Å². The predicted octanol–water partition coefficient (Wildman–Crippen LogP) is 4.82. The van der Waals surface area contributed by atoms with Crippen LogP contribution in [0.15, 0.2) is 64.9 Å². The van der Waals surface area contributed by atoms with Gasteiger partial charge in [-0.3, -0.25) is 14.0 Å². The molecule has 6 heteroatoms. The Morgan fingerprint density at radius 1 is 1.19 bits per heavy atom. The monoisotopic (exact) mass is 432 g/mol. The van der Waals surface area contributed by atoms with Gasteiger partial charge in [-0.05, 0) is 47.4 Å². The van der Waals surface area contributed by atoms with Gasteiger partial charge in [-0.2, -0.15) is 0 Å². The fourth-order valence-corrected chi connectivity index (χ4v) is 5.24. The maximum atomic E-state index is 13.7. The first-order valence-electron chi connectivity index (χ1n) is 10.7. The third kappa shape index (κ3) is 3.56. The maximum Gasteiger partial charge on any atom is 0.263 e. The van der Waals surface area contributed by atoms with Crippen LogP contribution in [0.5, 0.6) is 0 Å². The van der Waals surface area contributed by atoms with Gasteiger partial charge in [0, 0.05) is 31.5 Å². The highest BCUT2D eigenvalue weighted by Crippen LogP contribution is 2.30. The van der Waals surface area contributed by atoms with E-state index in [9.17, 15) is 9.59 Å². The molecule has 1 saturated heterocycles. The minimum Gasteiger partial charge on any atom is -0.376 e. The molecule has 1 unspecified atom stereocenters. The molecule has 0 N–H and O–H groups in total. The number of thiophene rings is 1. The molecule has 1 aliphatic rings. The number of fused-ring (bicyclic) bond motifs is 3. The second-order valence-corrected chi connectivity index (χ2v) is 8.83. The summed E-state index contributed by atoms with van der Waals surface area (Å²) in [5, 5.41) is 3.04. The number of carbonyl (C=O) groups excluding carboxylic acids is 1. The number of hydrogen-bond acceptors (Lipinski definition) is 4. The van der Waals surface area contributed by atoms with Gasteiger partial charge >= 0.3 is 0 Å². The predicted molar refractivity (Wildman–Crippen MR) is 125 cm³/mol. The Morgan fingerprint density at radius 3 is 2.84 bits per heavy atom. The maximum absolute atomic E-state index is 13.7. The Bertz CT molecular complexity index is 1310. The van der Waals surface area contributed by atoms with Gasteiger partial charge in [0.25, 0.3) is 11.5 Å². The summed E-state index contributed by atoms with van der Waals surface area (Å²) in [5.74, 6) is -0.0434. The number of rotatable bonds is 5. The van der Waals surface area contributed by atoms with E-state index in [1.807, 2.05) is 52.7 Å². The standard InChI is InChI=1S/C25H24N2O3S/c1-2-13-30-19-9-11-26(16-19)24(28)21-15-20(17-6-4-3-5-7-17)25(29)27-12-8-18-10-14-31-23(18)22(21)27/h3-8,10,12,14-15,19H,2,9,11,13,16H2,1H3. The van der Waals surface area contributed by atoms with Crippen molar-refractivity contribution in [2.75, 3.05) is 19.7 Å². The first kappa shape index (κ1) is 20.0. The van der Waals surface area contributed by atoms with E-state index in [1.54, 1.807) is 28.0 Å². The molecule has 158 valence electrons. The summed E-state index contributed by atoms with van der Waals surface area (Å²) < 4.78 is 8.47. The van der Waals surface area contributed by atoms with Crippen LogP contribution in [0.4, 0.5) is 0 Å². The first-order valence-corrected chi connectivity index (χ1v) is 11.6. The summed E-state index contributed by atoms with van der Waals surface area (Å²) in [4.78, 5) is 28.9. The van der Waals surface area contributed by atoms with Gasteiger partial charge in [-0.25, -0.2) is 0 Å². The van der Waals surface area contributed by atoms with Gasteiger partial charge in [0.05, 0.1) is 21.9 Å². The van der Waals surface area contributed by atoms with Gasteiger partial charge in [0.2, 0.25) is 0 Å². The molecule has 1 atom stereocenters. The van der Waals surface area contributed by atoms with Gasteiger partial charge in [-0.1, -0.05) is 37.3 Å². The van der Waals surface area contributed by atoms with Crippen molar-refractivity contribution in [3.63, 3.8) is 0 Å². The summed E-state index contributed by atoms with van der Waals surface area (Å²) in [7, 11) is 0. The highest BCUT2D eigenvalue weighted by Gasteiger charge is 2.29. The number of pyridine rings is 2. The number of aromatic nitrogens is 1. The molecule has 4 heterocycles. The lowest BCUT2D eigenvalue weighted by Gasteiger charge is -2.19. The zero-order valence-electron chi connectivity index (χ0n) is 17.4. The van der Waals surface area contributed by atoms with Crippen LogP contribution in [0, 0.1) is 0 Å². The largest absolute Gasteiger partial charge is 0.376 e. The van der Waals surface area contributed by atoms with Gasteiger partial charge in [0.1, 0.15) is 0 Å². The van der Waals surface area contributed by atoms with Crippen molar-refractivity contribution in [2.24, 2.45) is 0 Å². The van der Waals surface area contributed by atoms with Gasteiger partial charge in [0.15, 0.2) is 0 Å². The molecule has 3 aromatic heterocycles. The molecule has 31 heavy (non-hydrogen) atoms. The SMILES string of the molecule is CCCOC1CCN(C(=O)c2cc(-c3ccccc3)c(=O)n3ccc4ccsc4c23)C1. The zero-order valence-corrected chi connectivity index (χ0v) is 18.2. The molecule has 5 rings (SSSR count). The van der Waals surface area contributed by atoms with E-state index < -0.39 is 0 Å². The van der Waals surface area contributed by atoms with Crippen LogP contribution in [-0.4, -0.2) is 41.0 Å². The van der Waals surface area contributed by atoms with Crippen molar-refractivity contribution in [1.29, 1.82) is 0 Å². The minimum absolute atomic E-state index is 0.0434. The van der Waals surface area contributed by atoms with Crippen LogP contribution in [0.25, 0.3) is 26.7 Å². The van der Waals surface area contributed by atoms with Crippen LogP contribution in [-0.2, 0) is 4.74 Å². The fraction of sp³-hybridized carbons (Fsp3) is 0.280. The summed E-state index contributed by atoms with van der Waals surface area (Å²) >= 11 is 1.56. The Kier molecular flexibility index (Phi) is 5.34. The average Bonchev–Trinajstić information content (AvgIpc) is 3.47. The molecule has 4 aromatic rings. The third-order valence-electron chi connectivity index (χ3n) is 5.85. The topological polar surface area (TPSA) is 51.0 Å². The summed E-state index contributed by atoms with van der Waals surface area (Å²) in [6, 6.07) is 15.3. The molecule has 1 amide bonds. The molecule has 1 fully saturated rings. The average molecular weight is 433 g/mol. The zero-order chi connectivity index (χ0) is 21.4. The number of ether oxygens (including phenoxy) is 1. The Morgan fingerprint density at radius 2 is 2.03 bits per heavy atom. The normalized spacial score (nSPS) is 16.4. The van der Waals surface area contributed by atoms with Crippen molar-refractivity contribution < 1.29 is 9.53 Å². The molecule has 0 saturated carbocycles. The Hall–Kier alpha value is -2.96. The highest BCUT2D eigenvalue weighted by atomic mass is 32.1. The van der Waals surface area contributed by atoms with Crippen LogP contribution in [0.3, 0.4) is 0 Å². The Labute approximate surface area is 184 Å². The van der Waals surface area contributed by atoms with E-state index in [2.05, 4.69) is 6.92 Å². The van der Waals surface area contributed by atoms with Crippen LogP contribution >= 0.6 is 11.3 Å². The molecule has 1 aliphatic heterocycles. The molecular formula is C25H24N2O3S. The number of hydrogen-bond donors (Lipinski definition) is 0. The summed E-state index contributed by atoms with van der Waals surface area (Å²) in [6.45, 7) is 4.05. The third-order valence-corrected chi connectivity index (χ3v) is 6.79. The van der Waals surface area contributed by atoms with E-state index in [-0.39, 0.29) is 17.6 Å². The van der Waals surface area contributed by atoms with Gasteiger partial charge in [-0.15, -0.1) is 11.3 Å². The van der Waals surface area contributed by atoms with E-state index in [4.69, 9.17) is 4.74 Å². The van der Waals surface area contributed by atoms with Crippen LogP contribution in [0.2, 0.25) is 0 Å². The fourth-order valence-electron chi connectivity index (χ4n) is 4.30. The van der Waals surface area contributed by atoms with Crippen molar-refractivity contribution >= 4 is 32.8 Å². The van der Waals surface area contributed by atoms with Crippen molar-refractivity contribution in [2.45, 2.75) is 25.9 Å². The molecule has 0 bridgehead atoms. The summed E-state index contributed by atoms with van der Waals surface area (Å²) in [6.07, 6.45) is 3.67. The smallest absolute Gasteiger partial charge is 0.263 e. The number of nitrogens with zero attached hydrogens (tertiary/aromatic N) is 2. The van der Waals surface area contributed by atoms with Crippen molar-refractivity contribution in [3.8, 4) is 11.1 Å². The molecule has 5 nitrogen and oxygen atoms in total. The van der Waals surface area contributed by atoms with E-state index >= 15 is 0 Å². The second-order valence-electron chi connectivity index (χ2n) is 7.91.